The number of carbonyl (C=O) groups excluding carboxylic acids is 1. The van der Waals surface area contributed by atoms with E-state index in [1.54, 1.807) is 0 Å². The maximum atomic E-state index is 12.4. The summed E-state index contributed by atoms with van der Waals surface area (Å²) in [4.78, 5) is 14.8. The minimum Gasteiger partial charge on any atom is -0.465 e. The number of hydrogen-bond acceptors (Lipinski definition) is 4. The van der Waals surface area contributed by atoms with Gasteiger partial charge in [0.25, 0.3) is 0 Å². The van der Waals surface area contributed by atoms with Crippen molar-refractivity contribution < 1.29 is 22.7 Å². The molecule has 0 fully saturated rings. The fraction of sp³-hybridized carbons (Fsp3) is 0.182. The molecule has 100 valence electrons. The van der Waals surface area contributed by atoms with Crippen molar-refractivity contribution >= 4 is 5.97 Å². The molecule has 0 unspecified atom stereocenters. The van der Waals surface area contributed by atoms with E-state index >= 15 is 0 Å². The smallest absolute Gasteiger partial charge is 0.417 e. The molecule has 0 aliphatic carbocycles. The predicted molar refractivity (Wildman–Crippen MR) is 57.7 cm³/mol. The van der Waals surface area contributed by atoms with Crippen molar-refractivity contribution in [3.8, 4) is 5.82 Å². The van der Waals surface area contributed by atoms with Gasteiger partial charge in [0.05, 0.1) is 24.4 Å². The first-order valence-corrected chi connectivity index (χ1v) is 5.08. The number of esters is 1. The average molecular weight is 271 g/mol. The zero-order valence-electron chi connectivity index (χ0n) is 9.68. The lowest BCUT2D eigenvalue weighted by atomic mass is 10.3. The monoisotopic (exact) mass is 271 g/mol. The van der Waals surface area contributed by atoms with Crippen LogP contribution < -0.4 is 0 Å². The zero-order valence-corrected chi connectivity index (χ0v) is 9.68. The quantitative estimate of drug-likeness (QED) is 0.785. The van der Waals surface area contributed by atoms with Gasteiger partial charge in [-0.05, 0) is 12.1 Å². The van der Waals surface area contributed by atoms with Crippen LogP contribution in [0.4, 0.5) is 13.2 Å². The molecule has 2 rings (SSSR count). The topological polar surface area (TPSA) is 57.0 Å². The summed E-state index contributed by atoms with van der Waals surface area (Å²) in [6, 6.07) is 2.05. The number of aromatic nitrogens is 3. The minimum absolute atomic E-state index is 0.170. The van der Waals surface area contributed by atoms with E-state index in [1.165, 1.54) is 24.2 Å². The number of ether oxygens (including phenoxy) is 1. The number of carbonyl (C=O) groups is 1. The Kier molecular flexibility index (Phi) is 3.24. The Morgan fingerprint density at radius 2 is 2.05 bits per heavy atom. The van der Waals surface area contributed by atoms with Gasteiger partial charge in [0, 0.05) is 12.4 Å². The van der Waals surface area contributed by atoms with Crippen LogP contribution in [0.25, 0.3) is 5.82 Å². The van der Waals surface area contributed by atoms with Gasteiger partial charge in [-0.15, -0.1) is 0 Å². The second kappa shape index (κ2) is 4.71. The van der Waals surface area contributed by atoms with E-state index in [-0.39, 0.29) is 11.4 Å². The van der Waals surface area contributed by atoms with Crippen LogP contribution in [0.15, 0.2) is 30.7 Å². The maximum Gasteiger partial charge on any atom is 0.417 e. The summed E-state index contributed by atoms with van der Waals surface area (Å²) in [6.07, 6.45) is -1.17. The summed E-state index contributed by atoms with van der Waals surface area (Å²) in [5.41, 5.74) is -0.666. The van der Waals surface area contributed by atoms with E-state index in [0.29, 0.717) is 6.20 Å². The number of alkyl halides is 3. The van der Waals surface area contributed by atoms with Crippen molar-refractivity contribution in [1.82, 2.24) is 14.8 Å². The van der Waals surface area contributed by atoms with Crippen molar-refractivity contribution in [2.24, 2.45) is 0 Å². The zero-order chi connectivity index (χ0) is 14.0. The Labute approximate surface area is 105 Å². The molecule has 0 N–H and O–H groups in total. The van der Waals surface area contributed by atoms with Gasteiger partial charge in [-0.3, -0.25) is 0 Å². The van der Waals surface area contributed by atoms with Gasteiger partial charge < -0.3 is 4.74 Å². The summed E-state index contributed by atoms with van der Waals surface area (Å²) in [7, 11) is 1.22. The van der Waals surface area contributed by atoms with Gasteiger partial charge in [0.15, 0.2) is 5.82 Å². The number of halogens is 3. The Hall–Kier alpha value is -2.38. The fourth-order valence-electron chi connectivity index (χ4n) is 1.36. The Morgan fingerprint density at radius 1 is 1.32 bits per heavy atom. The molecule has 0 bridgehead atoms. The lowest BCUT2D eigenvalue weighted by Gasteiger charge is -2.06. The van der Waals surface area contributed by atoms with Crippen molar-refractivity contribution in [3.63, 3.8) is 0 Å². The van der Waals surface area contributed by atoms with Gasteiger partial charge in [-0.2, -0.15) is 18.3 Å². The number of nitrogens with zero attached hydrogens (tertiary/aromatic N) is 3. The van der Waals surface area contributed by atoms with E-state index in [1.807, 2.05) is 0 Å². The molecule has 5 nitrogen and oxygen atoms in total. The third-order valence-corrected chi connectivity index (χ3v) is 2.31. The van der Waals surface area contributed by atoms with E-state index in [4.69, 9.17) is 0 Å². The first-order valence-electron chi connectivity index (χ1n) is 5.08. The van der Waals surface area contributed by atoms with Gasteiger partial charge in [0.1, 0.15) is 0 Å². The summed E-state index contributed by atoms with van der Waals surface area (Å²) < 4.78 is 42.7. The van der Waals surface area contributed by atoms with Gasteiger partial charge in [-0.1, -0.05) is 0 Å². The van der Waals surface area contributed by atoms with Crippen LogP contribution in [-0.4, -0.2) is 27.8 Å². The molecule has 0 aliphatic heterocycles. The van der Waals surface area contributed by atoms with Gasteiger partial charge >= 0.3 is 12.1 Å². The maximum absolute atomic E-state index is 12.4. The van der Waals surface area contributed by atoms with Crippen LogP contribution in [0.3, 0.4) is 0 Å². The molecule has 0 atom stereocenters. The predicted octanol–water partition coefficient (Wildman–Crippen LogP) is 2.07. The molecule has 2 aromatic rings. The average Bonchev–Trinajstić information content (AvgIpc) is 2.86. The van der Waals surface area contributed by atoms with Crippen molar-refractivity contribution in [2.75, 3.05) is 7.11 Å². The first-order chi connectivity index (χ1) is 8.91. The summed E-state index contributed by atoms with van der Waals surface area (Å²) in [5, 5.41) is 3.82. The molecule has 0 saturated heterocycles. The third kappa shape index (κ3) is 2.72. The highest BCUT2D eigenvalue weighted by Gasteiger charge is 2.30. The SMILES string of the molecule is COC(=O)c1cnn(-c2ccc(C(F)(F)F)cn2)c1. The van der Waals surface area contributed by atoms with Crippen LogP contribution >= 0.6 is 0 Å². The minimum atomic E-state index is -4.44. The molecule has 0 aliphatic rings. The van der Waals surface area contributed by atoms with Crippen LogP contribution in [0.2, 0.25) is 0 Å². The molecule has 0 radical (unpaired) electrons. The highest BCUT2D eigenvalue weighted by molar-refractivity contribution is 5.88. The van der Waals surface area contributed by atoms with Crippen molar-refractivity contribution in [2.45, 2.75) is 6.18 Å². The molecule has 0 amide bonds. The van der Waals surface area contributed by atoms with Crippen LogP contribution in [0.1, 0.15) is 15.9 Å². The highest BCUT2D eigenvalue weighted by atomic mass is 19.4. The molecule has 2 aromatic heterocycles. The molecule has 19 heavy (non-hydrogen) atoms. The summed E-state index contributed by atoms with van der Waals surface area (Å²) in [6.45, 7) is 0. The largest absolute Gasteiger partial charge is 0.465 e. The lowest BCUT2D eigenvalue weighted by Crippen LogP contribution is -2.07. The van der Waals surface area contributed by atoms with Crippen molar-refractivity contribution in [3.05, 3.63) is 41.9 Å². The number of hydrogen-bond donors (Lipinski definition) is 0. The van der Waals surface area contributed by atoms with E-state index in [0.717, 1.165) is 12.1 Å². The summed E-state index contributed by atoms with van der Waals surface area (Å²) >= 11 is 0. The normalized spacial score (nSPS) is 11.4. The van der Waals surface area contributed by atoms with E-state index in [9.17, 15) is 18.0 Å². The second-order valence-corrected chi connectivity index (χ2v) is 3.57. The van der Waals surface area contributed by atoms with Gasteiger partial charge in [0.2, 0.25) is 0 Å². The van der Waals surface area contributed by atoms with Crippen LogP contribution in [0, 0.1) is 0 Å². The Morgan fingerprint density at radius 3 is 2.58 bits per heavy atom. The first kappa shape index (κ1) is 13.1. The van der Waals surface area contributed by atoms with Gasteiger partial charge in [-0.25, -0.2) is 14.5 Å². The molecule has 8 heteroatoms. The Bertz CT molecular complexity index is 590. The van der Waals surface area contributed by atoms with Crippen LogP contribution in [-0.2, 0) is 10.9 Å². The van der Waals surface area contributed by atoms with E-state index in [2.05, 4.69) is 14.8 Å². The summed E-state index contributed by atoms with van der Waals surface area (Å²) in [5.74, 6) is -0.415. The molecular weight excluding hydrogens is 263 g/mol. The highest BCUT2D eigenvalue weighted by Crippen LogP contribution is 2.28. The molecular formula is C11H8F3N3O2. The third-order valence-electron chi connectivity index (χ3n) is 2.31. The molecule has 0 saturated carbocycles. The Balaban J connectivity index is 2.28. The molecule has 0 spiro atoms. The molecule has 2 heterocycles. The van der Waals surface area contributed by atoms with Crippen molar-refractivity contribution in [1.29, 1.82) is 0 Å². The number of pyridine rings is 1. The fourth-order valence-corrected chi connectivity index (χ4v) is 1.36. The molecule has 0 aromatic carbocycles. The second-order valence-electron chi connectivity index (χ2n) is 3.57. The van der Waals surface area contributed by atoms with E-state index < -0.39 is 17.7 Å². The number of rotatable bonds is 2. The lowest BCUT2D eigenvalue weighted by molar-refractivity contribution is -0.137. The van der Waals surface area contributed by atoms with Crippen LogP contribution in [0.5, 0.6) is 0 Å². The number of methoxy groups -OCH3 is 1. The standard InChI is InChI=1S/C11H8F3N3O2/c1-19-10(18)7-4-16-17(6-7)9-3-2-8(5-15-9)11(12,13)14/h2-6H,1H3.